The summed E-state index contributed by atoms with van der Waals surface area (Å²) in [5, 5.41) is 53.6. The van der Waals surface area contributed by atoms with Crippen molar-refractivity contribution >= 4 is 35.6 Å². The minimum Gasteiger partial charge on any atom is -0.872 e. The van der Waals surface area contributed by atoms with E-state index < -0.39 is 24.3 Å². The molecule has 0 amide bonds. The van der Waals surface area contributed by atoms with Gasteiger partial charge in [0.25, 0.3) is 0 Å². The van der Waals surface area contributed by atoms with Crippen LogP contribution in [0.25, 0.3) is 0 Å². The van der Waals surface area contributed by atoms with E-state index in [0.29, 0.717) is 22.3 Å². The molecule has 6 rings (SSSR count). The van der Waals surface area contributed by atoms with Crippen LogP contribution in [0, 0.1) is 0 Å². The van der Waals surface area contributed by atoms with Gasteiger partial charge < -0.3 is 20.4 Å². The summed E-state index contributed by atoms with van der Waals surface area (Å²) >= 11 is 9.53. The minimum absolute atomic E-state index is 0. The predicted octanol–water partition coefficient (Wildman–Crippen LogP) is 12.7. The van der Waals surface area contributed by atoms with Crippen molar-refractivity contribution in [2.75, 3.05) is 5.34 Å². The average Bonchev–Trinajstić information content (AvgIpc) is 3.27. The van der Waals surface area contributed by atoms with E-state index in [4.69, 9.17) is 33.2 Å². The van der Waals surface area contributed by atoms with Gasteiger partial charge in [0.15, 0.2) is 0 Å². The minimum atomic E-state index is -1.07. The molecule has 4 atom stereocenters. The van der Waals surface area contributed by atoms with Gasteiger partial charge in [-0.1, -0.05) is 264 Å². The Balaban J connectivity index is 0.000000436. The first-order chi connectivity index (χ1) is 31.4. The standard InChI is InChI=1S/2C29H34NO2.CH2Cl2.2Cu/c2*1-28(2,3)23-17-22(26(31)24(18-23)29(4,5)6)19-30-25(20-13-9-7-10-14-20)27(32)21-15-11-8-12-16-21;2-1-3;;/h2*7-19,25,27,31H,1-6H3;1H2;;/q2*-1;;2*+2/p-2/t2*25-,27+;;;/m11.../s1. The van der Waals surface area contributed by atoms with Crippen molar-refractivity contribution in [2.24, 2.45) is 9.98 Å². The van der Waals surface area contributed by atoms with E-state index in [2.05, 4.69) is 41.5 Å². The van der Waals surface area contributed by atoms with E-state index in [-0.39, 0.29) is 72.6 Å². The van der Waals surface area contributed by atoms with Gasteiger partial charge in [0.1, 0.15) is 0 Å². The molecule has 0 N–H and O–H groups in total. The SMILES string of the molecule is CC(C)(C)c1cc(C=N[C@H](c2ccccc2)[C@@H]([O-])c2ccccc2)c([O-])c(C(C)(C)C)c1.CC(C)(C)c1cc(C=N[C@H](c2ccccc2)[C@@H]([O-])c2ccccc2)c([O-])c(C(C)(C)C)c1.ClCCl.[Cu+2].[Cu+2]. The van der Waals surface area contributed by atoms with Crippen molar-refractivity contribution in [1.29, 1.82) is 0 Å². The molecule has 0 aliphatic rings. The fourth-order valence-corrected chi connectivity index (χ4v) is 7.42. The number of rotatable bonds is 10. The average molecular weight is 1070 g/mol. The maximum atomic E-state index is 13.4. The second-order valence-corrected chi connectivity index (χ2v) is 21.7. The molecule has 0 unspecified atom stereocenters. The largest absolute Gasteiger partial charge is 2.00 e. The number of benzene rings is 6. The van der Waals surface area contributed by atoms with Crippen LogP contribution in [-0.4, -0.2) is 17.8 Å². The molecule has 0 aliphatic carbocycles. The number of hydrogen-bond acceptors (Lipinski definition) is 6. The first-order valence-electron chi connectivity index (χ1n) is 22.8. The molecule has 0 spiro atoms. The van der Waals surface area contributed by atoms with Crippen LogP contribution in [0.15, 0.2) is 156 Å². The van der Waals surface area contributed by atoms with Crippen LogP contribution in [0.5, 0.6) is 11.5 Å². The van der Waals surface area contributed by atoms with Crippen molar-refractivity contribution in [3.05, 3.63) is 201 Å². The summed E-state index contributed by atoms with van der Waals surface area (Å²) in [5.74, 6) is -0.0496. The van der Waals surface area contributed by atoms with Gasteiger partial charge in [-0.3, -0.25) is 9.98 Å². The summed E-state index contributed by atoms with van der Waals surface area (Å²) in [6, 6.07) is 44.4. The Morgan fingerprint density at radius 1 is 0.420 bits per heavy atom. The normalized spacial score (nSPS) is 13.7. The van der Waals surface area contributed by atoms with Crippen molar-refractivity contribution in [3.8, 4) is 11.5 Å². The quantitative estimate of drug-likeness (QED) is 0.0771. The van der Waals surface area contributed by atoms with E-state index in [0.717, 1.165) is 33.4 Å². The van der Waals surface area contributed by atoms with Crippen LogP contribution in [0.4, 0.5) is 0 Å². The smallest absolute Gasteiger partial charge is 0.872 e. The zero-order valence-electron chi connectivity index (χ0n) is 41.9. The van der Waals surface area contributed by atoms with Crippen LogP contribution in [0.2, 0.25) is 0 Å². The molecule has 6 nitrogen and oxygen atoms in total. The molecule has 0 aliphatic heterocycles. The monoisotopic (exact) mass is 1060 g/mol. The van der Waals surface area contributed by atoms with Gasteiger partial charge in [0.2, 0.25) is 0 Å². The number of hydrogen-bond donors (Lipinski definition) is 0. The Kier molecular flexibility index (Phi) is 23.7. The second-order valence-electron chi connectivity index (χ2n) is 20.9. The van der Waals surface area contributed by atoms with Crippen LogP contribution in [0.1, 0.15) is 163 Å². The Hall–Kier alpha value is -4.20. The predicted molar refractivity (Wildman–Crippen MR) is 275 cm³/mol. The van der Waals surface area contributed by atoms with Gasteiger partial charge in [0, 0.05) is 12.4 Å². The molecule has 374 valence electrons. The summed E-state index contributed by atoms with van der Waals surface area (Å²) in [6.45, 7) is 25.1. The number of nitrogens with zero attached hydrogens (tertiary/aromatic N) is 2. The van der Waals surface area contributed by atoms with E-state index in [9.17, 15) is 20.4 Å². The molecule has 0 saturated heterocycles. The summed E-state index contributed by atoms with van der Waals surface area (Å²) in [7, 11) is 0. The fraction of sp³-hybridized carbons (Fsp3) is 0.356. The number of halogens is 2. The molecule has 0 saturated carbocycles. The Morgan fingerprint density at radius 2 is 0.667 bits per heavy atom. The molecular weight excluding hydrogens is 999 g/mol. The van der Waals surface area contributed by atoms with E-state index in [1.807, 2.05) is 187 Å². The summed E-state index contributed by atoms with van der Waals surface area (Å²) in [6.07, 6.45) is 1.08. The molecular formula is C59H68Cl2Cu2N2O4. The zero-order chi connectivity index (χ0) is 49.7. The maximum absolute atomic E-state index is 13.4. The van der Waals surface area contributed by atoms with Gasteiger partial charge in [-0.25, -0.2) is 0 Å². The molecule has 10 heteroatoms. The van der Waals surface area contributed by atoms with Gasteiger partial charge in [-0.15, -0.1) is 23.2 Å². The van der Waals surface area contributed by atoms with Gasteiger partial charge in [-0.2, -0.15) is 0 Å². The van der Waals surface area contributed by atoms with Crippen LogP contribution >= 0.6 is 23.2 Å². The first-order valence-corrected chi connectivity index (χ1v) is 23.9. The molecule has 0 bridgehead atoms. The van der Waals surface area contributed by atoms with Gasteiger partial charge in [0.05, 0.1) is 17.4 Å². The molecule has 0 aromatic heterocycles. The third kappa shape index (κ3) is 17.6. The van der Waals surface area contributed by atoms with Gasteiger partial charge in [-0.05, 0) is 66.2 Å². The van der Waals surface area contributed by atoms with Crippen LogP contribution in [-0.2, 0) is 55.8 Å². The second kappa shape index (κ2) is 26.9. The first kappa shape index (κ1) is 60.9. The van der Waals surface area contributed by atoms with Crippen molar-refractivity contribution < 1.29 is 54.6 Å². The third-order valence-electron chi connectivity index (χ3n) is 11.4. The maximum Gasteiger partial charge on any atom is 2.00 e. The molecule has 0 heterocycles. The van der Waals surface area contributed by atoms with E-state index in [1.54, 1.807) is 12.4 Å². The molecule has 2 radical (unpaired) electrons. The van der Waals surface area contributed by atoms with Crippen molar-refractivity contribution in [1.82, 2.24) is 0 Å². The zero-order valence-corrected chi connectivity index (χ0v) is 45.3. The molecule has 69 heavy (non-hydrogen) atoms. The Bertz CT molecular complexity index is 2340. The van der Waals surface area contributed by atoms with Crippen molar-refractivity contribution in [3.63, 3.8) is 0 Å². The van der Waals surface area contributed by atoms with Crippen molar-refractivity contribution in [2.45, 2.75) is 129 Å². The summed E-state index contributed by atoms with van der Waals surface area (Å²) < 4.78 is 0. The number of alkyl halides is 2. The number of aliphatic imine (C=N–C) groups is 2. The molecule has 6 aromatic rings. The summed E-state index contributed by atoms with van der Waals surface area (Å²) in [4.78, 5) is 9.42. The Labute approximate surface area is 444 Å². The van der Waals surface area contributed by atoms with E-state index in [1.165, 1.54) is 0 Å². The topological polar surface area (TPSA) is 117 Å². The van der Waals surface area contributed by atoms with E-state index >= 15 is 0 Å². The fourth-order valence-electron chi connectivity index (χ4n) is 7.42. The molecule has 0 fully saturated rings. The van der Waals surface area contributed by atoms with Gasteiger partial charge >= 0.3 is 34.1 Å². The Morgan fingerprint density at radius 3 is 0.899 bits per heavy atom. The molecule has 6 aromatic carbocycles. The summed E-state index contributed by atoms with van der Waals surface area (Å²) in [5.41, 5.74) is 7.00. The van der Waals surface area contributed by atoms with Crippen LogP contribution < -0.4 is 20.4 Å². The van der Waals surface area contributed by atoms with Crippen LogP contribution in [0.3, 0.4) is 0 Å². The third-order valence-corrected chi connectivity index (χ3v) is 11.4.